The molecule has 2 heterocycles. The van der Waals surface area contributed by atoms with E-state index in [9.17, 15) is 4.79 Å². The van der Waals surface area contributed by atoms with Crippen LogP contribution in [0.5, 0.6) is 0 Å². The maximum absolute atomic E-state index is 11.6. The van der Waals surface area contributed by atoms with Crippen LogP contribution in [0.2, 0.25) is 0 Å². The molecule has 6 nitrogen and oxygen atoms in total. The summed E-state index contributed by atoms with van der Waals surface area (Å²) in [5.74, 6) is -0.455. The Balaban J connectivity index is 2.49. The fourth-order valence-corrected chi connectivity index (χ4v) is 1.51. The van der Waals surface area contributed by atoms with Crippen LogP contribution in [0.4, 0.5) is 0 Å². The quantitative estimate of drug-likeness (QED) is 0.691. The highest BCUT2D eigenvalue weighted by atomic mass is 16.5. The minimum Gasteiger partial charge on any atom is -0.442 e. The van der Waals surface area contributed by atoms with E-state index in [1.54, 1.807) is 20.0 Å². The number of carbonyl (C=O) groups excluding carboxylic acids is 1. The average molecular weight is 206 g/mol. The number of aromatic nitrogens is 2. The van der Waals surface area contributed by atoms with E-state index in [1.165, 1.54) is 6.20 Å². The number of aliphatic imine (C=N–C) groups is 1. The Morgan fingerprint density at radius 3 is 2.60 bits per heavy atom. The fourth-order valence-electron chi connectivity index (χ4n) is 1.51. The molecule has 1 atom stereocenters. The largest absolute Gasteiger partial charge is 0.442 e. The number of ether oxygens (including phenoxy) is 1. The zero-order chi connectivity index (χ0) is 11.1. The van der Waals surface area contributed by atoms with Crippen LogP contribution < -0.4 is 5.73 Å². The SMILES string of the molecule is Cc1nccnc1C1(C)OC(N)=NC1=O. The Kier molecular flexibility index (Phi) is 1.92. The van der Waals surface area contributed by atoms with E-state index in [-0.39, 0.29) is 6.02 Å². The molecular weight excluding hydrogens is 196 g/mol. The molecule has 1 aromatic rings. The molecular formula is C9H10N4O2. The Hall–Kier alpha value is -1.98. The van der Waals surface area contributed by atoms with Gasteiger partial charge in [0, 0.05) is 12.4 Å². The molecule has 0 radical (unpaired) electrons. The highest BCUT2D eigenvalue weighted by Crippen LogP contribution is 2.30. The van der Waals surface area contributed by atoms with Crippen molar-refractivity contribution in [2.24, 2.45) is 10.7 Å². The van der Waals surface area contributed by atoms with Crippen molar-refractivity contribution in [2.75, 3.05) is 0 Å². The molecule has 0 aliphatic carbocycles. The lowest BCUT2D eigenvalue weighted by Crippen LogP contribution is -2.34. The van der Waals surface area contributed by atoms with Crippen molar-refractivity contribution in [1.82, 2.24) is 9.97 Å². The number of rotatable bonds is 1. The van der Waals surface area contributed by atoms with Gasteiger partial charge in [-0.05, 0) is 13.8 Å². The maximum Gasteiger partial charge on any atom is 0.300 e. The van der Waals surface area contributed by atoms with Crippen molar-refractivity contribution in [3.8, 4) is 0 Å². The monoisotopic (exact) mass is 206 g/mol. The Morgan fingerprint density at radius 1 is 1.40 bits per heavy atom. The van der Waals surface area contributed by atoms with Crippen LogP contribution in [0.15, 0.2) is 17.4 Å². The predicted molar refractivity (Wildman–Crippen MR) is 51.8 cm³/mol. The minimum absolute atomic E-state index is 0.132. The van der Waals surface area contributed by atoms with Gasteiger partial charge in [0.1, 0.15) is 5.69 Å². The molecule has 1 amide bonds. The van der Waals surface area contributed by atoms with Crippen molar-refractivity contribution >= 4 is 11.9 Å². The first-order valence-electron chi connectivity index (χ1n) is 4.40. The standard InChI is InChI=1S/C9H10N4O2/c1-5-6(12-4-3-11-5)9(2)7(14)13-8(10)15-9/h3-4H,1-2H3,(H2,10,13,14). The zero-order valence-electron chi connectivity index (χ0n) is 8.39. The van der Waals surface area contributed by atoms with E-state index in [4.69, 9.17) is 10.5 Å². The van der Waals surface area contributed by atoms with Crippen LogP contribution in [0, 0.1) is 6.92 Å². The van der Waals surface area contributed by atoms with E-state index < -0.39 is 11.5 Å². The molecule has 1 aromatic heterocycles. The first-order valence-corrected chi connectivity index (χ1v) is 4.40. The van der Waals surface area contributed by atoms with Crippen LogP contribution in [-0.2, 0) is 15.1 Å². The van der Waals surface area contributed by atoms with Gasteiger partial charge in [0.25, 0.3) is 6.02 Å². The summed E-state index contributed by atoms with van der Waals surface area (Å²) in [5.41, 5.74) is 5.18. The topological polar surface area (TPSA) is 90.5 Å². The summed E-state index contributed by atoms with van der Waals surface area (Å²) < 4.78 is 5.20. The number of hydrogen-bond donors (Lipinski definition) is 1. The van der Waals surface area contributed by atoms with E-state index in [1.807, 2.05) is 0 Å². The molecule has 2 rings (SSSR count). The van der Waals surface area contributed by atoms with Gasteiger partial charge in [-0.1, -0.05) is 0 Å². The van der Waals surface area contributed by atoms with Gasteiger partial charge in [0.2, 0.25) is 5.60 Å². The van der Waals surface area contributed by atoms with Gasteiger partial charge >= 0.3 is 5.91 Å². The highest BCUT2D eigenvalue weighted by molar-refractivity contribution is 6.00. The summed E-state index contributed by atoms with van der Waals surface area (Å²) in [6.45, 7) is 3.33. The van der Waals surface area contributed by atoms with Gasteiger partial charge < -0.3 is 10.5 Å². The lowest BCUT2D eigenvalue weighted by molar-refractivity contribution is -0.130. The first-order chi connectivity index (χ1) is 7.04. The van der Waals surface area contributed by atoms with Crippen molar-refractivity contribution in [2.45, 2.75) is 19.4 Å². The van der Waals surface area contributed by atoms with Crippen molar-refractivity contribution in [1.29, 1.82) is 0 Å². The number of hydrogen-bond acceptors (Lipinski definition) is 5. The van der Waals surface area contributed by atoms with Gasteiger partial charge in [-0.25, -0.2) is 0 Å². The van der Waals surface area contributed by atoms with E-state index in [2.05, 4.69) is 15.0 Å². The smallest absolute Gasteiger partial charge is 0.300 e. The van der Waals surface area contributed by atoms with Gasteiger partial charge in [-0.15, -0.1) is 0 Å². The van der Waals surface area contributed by atoms with Gasteiger partial charge in [-0.3, -0.25) is 14.8 Å². The molecule has 78 valence electrons. The summed E-state index contributed by atoms with van der Waals surface area (Å²) in [6, 6.07) is -0.132. The van der Waals surface area contributed by atoms with E-state index >= 15 is 0 Å². The van der Waals surface area contributed by atoms with Crippen LogP contribution in [0.3, 0.4) is 0 Å². The third-order valence-electron chi connectivity index (χ3n) is 2.26. The molecule has 15 heavy (non-hydrogen) atoms. The second kappa shape index (κ2) is 3.01. The number of amidine groups is 1. The lowest BCUT2D eigenvalue weighted by atomic mass is 10.00. The lowest BCUT2D eigenvalue weighted by Gasteiger charge is -2.20. The van der Waals surface area contributed by atoms with Gasteiger partial charge in [-0.2, -0.15) is 4.99 Å². The molecule has 6 heteroatoms. The highest BCUT2D eigenvalue weighted by Gasteiger charge is 2.45. The molecule has 1 unspecified atom stereocenters. The summed E-state index contributed by atoms with van der Waals surface area (Å²) in [4.78, 5) is 23.2. The summed E-state index contributed by atoms with van der Waals surface area (Å²) in [6.07, 6.45) is 3.05. The first kappa shape index (κ1) is 9.57. The normalized spacial score (nSPS) is 24.9. The predicted octanol–water partition coefficient (Wildman–Crippen LogP) is -0.128. The van der Waals surface area contributed by atoms with Crippen LogP contribution in [-0.4, -0.2) is 21.9 Å². The number of nitrogens with zero attached hydrogens (tertiary/aromatic N) is 3. The molecule has 0 saturated carbocycles. The average Bonchev–Trinajstić information content (AvgIpc) is 2.42. The van der Waals surface area contributed by atoms with E-state index in [0.717, 1.165) is 0 Å². The number of aryl methyl sites for hydroxylation is 1. The zero-order valence-corrected chi connectivity index (χ0v) is 8.39. The number of amides is 1. The van der Waals surface area contributed by atoms with Crippen LogP contribution >= 0.6 is 0 Å². The molecule has 0 aromatic carbocycles. The molecule has 0 bridgehead atoms. The number of carbonyl (C=O) groups is 1. The second-order valence-corrected chi connectivity index (χ2v) is 3.38. The van der Waals surface area contributed by atoms with Crippen LogP contribution in [0.25, 0.3) is 0 Å². The van der Waals surface area contributed by atoms with Gasteiger partial charge in [0.15, 0.2) is 0 Å². The Morgan fingerprint density at radius 2 is 2.07 bits per heavy atom. The summed E-state index contributed by atoms with van der Waals surface area (Å²) in [5, 5.41) is 0. The maximum atomic E-state index is 11.6. The molecule has 0 spiro atoms. The van der Waals surface area contributed by atoms with Crippen molar-refractivity contribution in [3.63, 3.8) is 0 Å². The fraction of sp³-hybridized carbons (Fsp3) is 0.333. The Labute approximate surface area is 86.2 Å². The number of nitrogens with two attached hydrogens (primary N) is 1. The van der Waals surface area contributed by atoms with Gasteiger partial charge in [0.05, 0.1) is 5.69 Å². The summed E-state index contributed by atoms with van der Waals surface area (Å²) >= 11 is 0. The summed E-state index contributed by atoms with van der Waals surface area (Å²) in [7, 11) is 0. The third kappa shape index (κ3) is 1.34. The molecule has 1 aliphatic heterocycles. The third-order valence-corrected chi connectivity index (χ3v) is 2.26. The molecule has 1 aliphatic rings. The van der Waals surface area contributed by atoms with Crippen molar-refractivity contribution in [3.05, 3.63) is 23.8 Å². The van der Waals surface area contributed by atoms with Crippen molar-refractivity contribution < 1.29 is 9.53 Å². The van der Waals surface area contributed by atoms with E-state index in [0.29, 0.717) is 11.4 Å². The molecule has 0 fully saturated rings. The minimum atomic E-state index is -1.23. The molecule has 2 N–H and O–H groups in total. The molecule has 0 saturated heterocycles. The second-order valence-electron chi connectivity index (χ2n) is 3.38. The Bertz CT molecular complexity index is 457. The van der Waals surface area contributed by atoms with Crippen LogP contribution in [0.1, 0.15) is 18.3 Å².